The van der Waals surface area contributed by atoms with E-state index in [9.17, 15) is 0 Å². The highest BCUT2D eigenvalue weighted by Crippen LogP contribution is 2.35. The van der Waals surface area contributed by atoms with Gasteiger partial charge in [0, 0.05) is 35.2 Å². The fraction of sp³-hybridized carbons (Fsp3) is 0.647. The van der Waals surface area contributed by atoms with Gasteiger partial charge in [-0.05, 0) is 33.1 Å². The van der Waals surface area contributed by atoms with Crippen molar-refractivity contribution in [2.45, 2.75) is 38.6 Å². The van der Waals surface area contributed by atoms with Crippen LogP contribution in [0.5, 0.6) is 11.5 Å². The number of ether oxygens (including phenoxy) is 5. The van der Waals surface area contributed by atoms with Crippen LogP contribution in [0.4, 0.5) is 0 Å². The summed E-state index contributed by atoms with van der Waals surface area (Å²) in [5.41, 5.74) is 0.911. The van der Waals surface area contributed by atoms with E-state index < -0.39 is 8.80 Å². The van der Waals surface area contributed by atoms with Crippen molar-refractivity contribution in [3.05, 3.63) is 22.2 Å². The van der Waals surface area contributed by atoms with Gasteiger partial charge in [0.05, 0.1) is 11.1 Å². The van der Waals surface area contributed by atoms with Gasteiger partial charge in [0.1, 0.15) is 11.5 Å². The molecule has 0 fully saturated rings. The Morgan fingerprint density at radius 1 is 1.04 bits per heavy atom. The Labute approximate surface area is 155 Å². The molecule has 0 aromatic heterocycles. The van der Waals surface area contributed by atoms with E-state index in [1.54, 1.807) is 14.2 Å². The number of benzene rings is 1. The molecule has 0 aliphatic carbocycles. The predicted molar refractivity (Wildman–Crippen MR) is 102 cm³/mol. The average molecular weight is 421 g/mol. The lowest BCUT2D eigenvalue weighted by Gasteiger charge is -2.28. The van der Waals surface area contributed by atoms with Gasteiger partial charge < -0.3 is 23.7 Å². The third kappa shape index (κ3) is 6.72. The molecule has 1 aromatic carbocycles. The Hall–Kier alpha value is -0.603. The predicted octanol–water partition coefficient (Wildman–Crippen LogP) is 4.20. The van der Waals surface area contributed by atoms with E-state index in [1.807, 2.05) is 12.1 Å². The molecule has 0 radical (unpaired) electrons. The third-order valence-corrected chi connectivity index (χ3v) is 7.93. The molecule has 0 aliphatic heterocycles. The van der Waals surface area contributed by atoms with Crippen molar-refractivity contribution in [1.29, 1.82) is 0 Å². The van der Waals surface area contributed by atoms with Gasteiger partial charge in [-0.3, -0.25) is 0 Å². The van der Waals surface area contributed by atoms with Gasteiger partial charge in [-0.25, -0.2) is 0 Å². The van der Waals surface area contributed by atoms with Crippen LogP contribution < -0.4 is 9.47 Å². The second kappa shape index (κ2) is 10.4. The van der Waals surface area contributed by atoms with Gasteiger partial charge in [-0.1, -0.05) is 26.9 Å². The highest BCUT2D eigenvalue weighted by Gasteiger charge is 2.24. The molecule has 7 heteroatoms. The summed E-state index contributed by atoms with van der Waals surface area (Å²) in [4.78, 5) is 0. The zero-order valence-corrected chi connectivity index (χ0v) is 18.2. The second-order valence-electron chi connectivity index (χ2n) is 6.63. The molecule has 5 nitrogen and oxygen atoms in total. The lowest BCUT2D eigenvalue weighted by Crippen LogP contribution is -2.26. The Kier molecular flexibility index (Phi) is 9.29. The van der Waals surface area contributed by atoms with Crippen LogP contribution in [-0.4, -0.2) is 43.2 Å². The highest BCUT2D eigenvalue weighted by atomic mass is 79.9. The van der Waals surface area contributed by atoms with Crippen molar-refractivity contribution in [3.8, 4) is 11.5 Å². The number of methoxy groups -OCH3 is 2. The molecule has 138 valence electrons. The Morgan fingerprint density at radius 3 is 2.25 bits per heavy atom. The van der Waals surface area contributed by atoms with Crippen LogP contribution in [0.2, 0.25) is 18.1 Å². The first-order valence-corrected chi connectivity index (χ1v) is 11.6. The second-order valence-corrected chi connectivity index (χ2v) is 11.4. The van der Waals surface area contributed by atoms with Crippen molar-refractivity contribution in [2.24, 2.45) is 0 Å². The van der Waals surface area contributed by atoms with Gasteiger partial charge >= 0.3 is 0 Å². The first-order chi connectivity index (χ1) is 11.3. The first-order valence-electron chi connectivity index (χ1n) is 7.95. The number of hydrogen-bond donors (Lipinski definition) is 0. The van der Waals surface area contributed by atoms with Crippen LogP contribution in [0.3, 0.4) is 0 Å². The normalized spacial score (nSPS) is 11.8. The molecule has 1 rings (SSSR count). The topological polar surface area (TPSA) is 46.2 Å². The van der Waals surface area contributed by atoms with E-state index in [0.29, 0.717) is 18.1 Å². The fourth-order valence-electron chi connectivity index (χ4n) is 1.81. The molecule has 0 saturated carbocycles. The molecule has 0 unspecified atom stereocenters. The van der Waals surface area contributed by atoms with E-state index >= 15 is 0 Å². The van der Waals surface area contributed by atoms with Crippen LogP contribution in [0.15, 0.2) is 16.6 Å². The largest absolute Gasteiger partial charge is 0.468 e. The van der Waals surface area contributed by atoms with Crippen molar-refractivity contribution in [2.75, 3.05) is 34.4 Å². The molecule has 0 aliphatic rings. The number of halogens is 1. The quantitative estimate of drug-likeness (QED) is 0.396. The molecule has 0 N–H and O–H groups in total. The van der Waals surface area contributed by atoms with Crippen LogP contribution in [-0.2, 0) is 20.8 Å². The minimum Gasteiger partial charge on any atom is -0.468 e. The van der Waals surface area contributed by atoms with E-state index in [2.05, 4.69) is 42.9 Å². The van der Waals surface area contributed by atoms with Crippen molar-refractivity contribution < 1.29 is 23.7 Å². The number of rotatable bonds is 11. The van der Waals surface area contributed by atoms with Crippen LogP contribution in [0, 0.1) is 0 Å². The fourth-order valence-corrected chi connectivity index (χ4v) is 2.86. The molecule has 0 saturated heterocycles. The monoisotopic (exact) mass is 420 g/mol. The zero-order chi connectivity index (χ0) is 18.2. The van der Waals surface area contributed by atoms with E-state index in [4.69, 9.17) is 23.7 Å². The molecule has 0 spiro atoms. The minimum absolute atomic E-state index is 0.175. The summed E-state index contributed by atoms with van der Waals surface area (Å²) in [6.07, 6.45) is 0. The smallest absolute Gasteiger partial charge is 0.188 e. The average Bonchev–Trinajstić information content (AvgIpc) is 2.51. The first kappa shape index (κ1) is 21.4. The molecule has 24 heavy (non-hydrogen) atoms. The maximum atomic E-state index is 5.99. The standard InChI is InChI=1S/C17H29BrO5Si/c1-17(2,24(5)6)10-21-9-13-7-14(22-11-19-3)8-15(18)16(13)23-12-20-4/h7-8,24H,9-12H2,1-6H3. The maximum absolute atomic E-state index is 5.99. The van der Waals surface area contributed by atoms with Crippen LogP contribution in [0.25, 0.3) is 0 Å². The summed E-state index contributed by atoms with van der Waals surface area (Å²) in [7, 11) is 2.39. The summed E-state index contributed by atoms with van der Waals surface area (Å²) in [6, 6.07) is 3.76. The van der Waals surface area contributed by atoms with E-state index in [1.165, 1.54) is 0 Å². The zero-order valence-electron chi connectivity index (χ0n) is 15.5. The molecule has 0 heterocycles. The van der Waals surface area contributed by atoms with E-state index in [-0.39, 0.29) is 18.6 Å². The SMILES string of the molecule is COCOc1cc(Br)c(OCOC)c(COCC(C)(C)[SiH](C)C)c1. The van der Waals surface area contributed by atoms with Crippen molar-refractivity contribution in [3.63, 3.8) is 0 Å². The molecule has 0 bridgehead atoms. The van der Waals surface area contributed by atoms with Gasteiger partial charge in [0.15, 0.2) is 13.6 Å². The summed E-state index contributed by atoms with van der Waals surface area (Å²) in [5.74, 6) is 1.41. The molecule has 0 atom stereocenters. The van der Waals surface area contributed by atoms with Gasteiger partial charge in [-0.2, -0.15) is 0 Å². The minimum atomic E-state index is -0.798. The van der Waals surface area contributed by atoms with Crippen LogP contribution in [0.1, 0.15) is 19.4 Å². The Balaban J connectivity index is 2.88. The van der Waals surface area contributed by atoms with Crippen LogP contribution >= 0.6 is 15.9 Å². The Bertz CT molecular complexity index is 508. The summed E-state index contributed by atoms with van der Waals surface area (Å²) < 4.78 is 28.0. The maximum Gasteiger partial charge on any atom is 0.188 e. The third-order valence-electron chi connectivity index (χ3n) is 4.05. The lowest BCUT2D eigenvalue weighted by atomic mass is 10.2. The van der Waals surface area contributed by atoms with E-state index in [0.717, 1.165) is 16.6 Å². The summed E-state index contributed by atoms with van der Waals surface area (Å²) >= 11 is 3.52. The summed E-state index contributed by atoms with van der Waals surface area (Å²) in [6.45, 7) is 10.7. The molecular weight excluding hydrogens is 392 g/mol. The van der Waals surface area contributed by atoms with Crippen molar-refractivity contribution >= 4 is 24.7 Å². The molecule has 0 amide bonds. The van der Waals surface area contributed by atoms with Gasteiger partial charge in [0.2, 0.25) is 0 Å². The van der Waals surface area contributed by atoms with Crippen molar-refractivity contribution in [1.82, 2.24) is 0 Å². The highest BCUT2D eigenvalue weighted by molar-refractivity contribution is 9.10. The van der Waals surface area contributed by atoms with Gasteiger partial charge in [0.25, 0.3) is 0 Å². The molecular formula is C17H29BrO5Si. The lowest BCUT2D eigenvalue weighted by molar-refractivity contribution is 0.0438. The Morgan fingerprint density at radius 2 is 1.67 bits per heavy atom. The number of hydrogen-bond acceptors (Lipinski definition) is 5. The summed E-state index contributed by atoms with van der Waals surface area (Å²) in [5, 5.41) is 0.245. The molecule has 1 aromatic rings. The van der Waals surface area contributed by atoms with Gasteiger partial charge in [-0.15, -0.1) is 0 Å².